The number of nitrogens with one attached hydrogen (secondary N) is 2. The largest absolute Gasteiger partial charge is 0.396 e. The number of aliphatic hydroxyl groups excluding tert-OH is 2. The van der Waals surface area contributed by atoms with Gasteiger partial charge in [-0.2, -0.15) is 0 Å². The highest BCUT2D eigenvalue weighted by atomic mass is 16.3. The van der Waals surface area contributed by atoms with E-state index in [0.29, 0.717) is 6.42 Å². The Labute approximate surface area is 145 Å². The highest BCUT2D eigenvalue weighted by Crippen LogP contribution is 2.19. The molecule has 0 unspecified atom stereocenters. The lowest BCUT2D eigenvalue weighted by Crippen LogP contribution is -2.44. The molecule has 0 spiro atoms. The Balaban J connectivity index is 2.26. The second kappa shape index (κ2) is 9.09. The molecule has 0 bridgehead atoms. The summed E-state index contributed by atoms with van der Waals surface area (Å²) in [5.41, 5.74) is -1.00. The van der Waals surface area contributed by atoms with Gasteiger partial charge in [0.15, 0.2) is 0 Å². The second-order valence-corrected chi connectivity index (χ2v) is 6.20. The fourth-order valence-corrected chi connectivity index (χ4v) is 1.88. The molecule has 9 nitrogen and oxygen atoms in total. The maximum atomic E-state index is 11.7. The number of aliphatic hydroxyl groups is 2. The topological polar surface area (TPSA) is 136 Å². The Morgan fingerprint density at radius 2 is 1.88 bits per heavy atom. The van der Waals surface area contributed by atoms with Crippen molar-refractivity contribution in [1.82, 2.24) is 15.5 Å². The predicted molar refractivity (Wildman–Crippen MR) is 87.6 cm³/mol. The number of rotatable bonds is 9. The Hall–Kier alpha value is -2.52. The molecule has 0 aromatic heterocycles. The van der Waals surface area contributed by atoms with E-state index in [2.05, 4.69) is 10.6 Å². The van der Waals surface area contributed by atoms with E-state index in [-0.39, 0.29) is 31.5 Å². The van der Waals surface area contributed by atoms with E-state index < -0.39 is 23.3 Å². The minimum atomic E-state index is -1.42. The van der Waals surface area contributed by atoms with Gasteiger partial charge in [-0.1, -0.05) is 13.8 Å². The molecule has 0 radical (unpaired) electrons. The first-order valence-corrected chi connectivity index (χ1v) is 7.76. The van der Waals surface area contributed by atoms with Gasteiger partial charge in [0.25, 0.3) is 17.7 Å². The minimum Gasteiger partial charge on any atom is -0.396 e. The highest BCUT2D eigenvalue weighted by molar-refractivity contribution is 6.12. The van der Waals surface area contributed by atoms with E-state index in [1.54, 1.807) is 0 Å². The Morgan fingerprint density at radius 3 is 2.44 bits per heavy atom. The molecule has 0 aromatic rings. The molecule has 1 aliphatic heterocycles. The first-order valence-electron chi connectivity index (χ1n) is 7.76. The van der Waals surface area contributed by atoms with Crippen molar-refractivity contribution in [2.45, 2.75) is 26.4 Å². The Morgan fingerprint density at radius 1 is 1.28 bits per heavy atom. The third kappa shape index (κ3) is 6.12. The summed E-state index contributed by atoms with van der Waals surface area (Å²) >= 11 is 0. The van der Waals surface area contributed by atoms with Crippen LogP contribution in [-0.2, 0) is 19.2 Å². The average molecular weight is 353 g/mol. The minimum absolute atomic E-state index is 0.202. The summed E-state index contributed by atoms with van der Waals surface area (Å²) in [7, 11) is 0. The van der Waals surface area contributed by atoms with Crippen LogP contribution in [-0.4, -0.2) is 64.5 Å². The number of carbonyl (C=O) groups excluding carboxylic acids is 4. The van der Waals surface area contributed by atoms with Crippen LogP contribution in [0.5, 0.6) is 0 Å². The molecule has 138 valence electrons. The van der Waals surface area contributed by atoms with Gasteiger partial charge in [-0.25, -0.2) is 0 Å². The smallest absolute Gasteiger partial charge is 0.253 e. The van der Waals surface area contributed by atoms with Crippen LogP contribution in [0.1, 0.15) is 20.3 Å². The van der Waals surface area contributed by atoms with Crippen LogP contribution in [0.4, 0.5) is 0 Å². The van der Waals surface area contributed by atoms with Crippen LogP contribution in [0.3, 0.4) is 0 Å². The van der Waals surface area contributed by atoms with Crippen molar-refractivity contribution in [2.24, 2.45) is 5.41 Å². The van der Waals surface area contributed by atoms with Gasteiger partial charge in [0.1, 0.15) is 6.10 Å². The van der Waals surface area contributed by atoms with Crippen molar-refractivity contribution in [3.8, 4) is 0 Å². The van der Waals surface area contributed by atoms with Crippen molar-refractivity contribution < 1.29 is 29.4 Å². The molecule has 1 rings (SSSR count). The zero-order valence-electron chi connectivity index (χ0n) is 14.2. The van der Waals surface area contributed by atoms with E-state index in [9.17, 15) is 24.3 Å². The fraction of sp³-hybridized carbons (Fsp3) is 0.500. The fourth-order valence-electron chi connectivity index (χ4n) is 1.88. The monoisotopic (exact) mass is 353 g/mol. The van der Waals surface area contributed by atoms with Crippen LogP contribution in [0.25, 0.3) is 0 Å². The lowest BCUT2D eigenvalue weighted by Gasteiger charge is -2.26. The van der Waals surface area contributed by atoms with Gasteiger partial charge in [0.05, 0.1) is 6.61 Å². The molecule has 0 aromatic carbocycles. The summed E-state index contributed by atoms with van der Waals surface area (Å²) in [6, 6.07) is 0. The maximum Gasteiger partial charge on any atom is 0.253 e. The summed E-state index contributed by atoms with van der Waals surface area (Å²) in [4.78, 5) is 46.9. The number of hydrogen-bond acceptors (Lipinski definition) is 6. The van der Waals surface area contributed by atoms with E-state index >= 15 is 0 Å². The molecule has 1 atom stereocenters. The van der Waals surface area contributed by atoms with Gasteiger partial charge >= 0.3 is 0 Å². The lowest BCUT2D eigenvalue weighted by molar-refractivity contribution is -0.137. The Bertz CT molecular complexity index is 579. The zero-order chi connectivity index (χ0) is 19.0. The summed E-state index contributed by atoms with van der Waals surface area (Å²) in [6.07, 6.45) is 3.52. The summed E-state index contributed by atoms with van der Waals surface area (Å²) in [5, 5.41) is 23.6. The Kier molecular flexibility index (Phi) is 7.46. The molecular weight excluding hydrogens is 330 g/mol. The standard InChI is InChI=1S/C16H23N3O6/c1-16(2,10-20)14(24)15(25)18-8-6-11(21)17-7-3-9-19-12(22)4-5-13(19)23/h4-6,8,14,20,24H,3,7,9-10H2,1-2H3,(H,17,21)(H,18,25)/b8-6+/t14-/m0/s1. The van der Waals surface area contributed by atoms with Crippen molar-refractivity contribution in [3.05, 3.63) is 24.4 Å². The third-order valence-corrected chi connectivity index (χ3v) is 3.61. The molecule has 1 aliphatic rings. The summed E-state index contributed by atoms with van der Waals surface area (Å²) in [5.74, 6) is -1.96. The lowest BCUT2D eigenvalue weighted by atomic mass is 9.87. The van der Waals surface area contributed by atoms with Crippen LogP contribution < -0.4 is 10.6 Å². The normalized spacial score (nSPS) is 15.8. The van der Waals surface area contributed by atoms with Crippen molar-refractivity contribution >= 4 is 23.6 Å². The molecule has 1 heterocycles. The highest BCUT2D eigenvalue weighted by Gasteiger charge is 2.32. The van der Waals surface area contributed by atoms with Gasteiger partial charge in [-0.05, 0) is 6.42 Å². The molecule has 25 heavy (non-hydrogen) atoms. The zero-order valence-corrected chi connectivity index (χ0v) is 14.2. The molecule has 4 amide bonds. The average Bonchev–Trinajstić information content (AvgIpc) is 2.89. The van der Waals surface area contributed by atoms with Gasteiger partial charge in [-0.15, -0.1) is 0 Å². The molecular formula is C16H23N3O6. The van der Waals surface area contributed by atoms with Crippen molar-refractivity contribution in [2.75, 3.05) is 19.7 Å². The molecule has 0 saturated heterocycles. The van der Waals surface area contributed by atoms with Crippen LogP contribution in [0.15, 0.2) is 24.4 Å². The molecule has 0 aliphatic carbocycles. The first kappa shape index (κ1) is 20.5. The van der Waals surface area contributed by atoms with Crippen LogP contribution in [0, 0.1) is 5.41 Å². The van der Waals surface area contributed by atoms with Gasteiger partial charge in [0, 0.05) is 42.9 Å². The van der Waals surface area contributed by atoms with Crippen LogP contribution >= 0.6 is 0 Å². The predicted octanol–water partition coefficient (Wildman–Crippen LogP) is -1.57. The van der Waals surface area contributed by atoms with Gasteiger partial charge in [-0.3, -0.25) is 24.1 Å². The number of amides is 4. The molecule has 4 N–H and O–H groups in total. The number of nitrogens with zero attached hydrogens (tertiary/aromatic N) is 1. The number of imide groups is 1. The van der Waals surface area contributed by atoms with Crippen LogP contribution in [0.2, 0.25) is 0 Å². The maximum absolute atomic E-state index is 11.7. The van der Waals surface area contributed by atoms with E-state index in [4.69, 9.17) is 5.11 Å². The molecule has 0 fully saturated rings. The third-order valence-electron chi connectivity index (χ3n) is 3.61. The van der Waals surface area contributed by atoms with Crippen molar-refractivity contribution in [3.63, 3.8) is 0 Å². The summed E-state index contributed by atoms with van der Waals surface area (Å²) < 4.78 is 0. The number of hydrogen-bond donors (Lipinski definition) is 4. The quantitative estimate of drug-likeness (QED) is 0.225. The van der Waals surface area contributed by atoms with Crippen molar-refractivity contribution in [1.29, 1.82) is 0 Å². The molecule has 0 saturated carbocycles. The van der Waals surface area contributed by atoms with Gasteiger partial charge in [0.2, 0.25) is 5.91 Å². The van der Waals surface area contributed by atoms with E-state index in [0.717, 1.165) is 17.2 Å². The second-order valence-electron chi connectivity index (χ2n) is 6.20. The first-order chi connectivity index (χ1) is 11.7. The molecule has 9 heteroatoms. The number of carbonyl (C=O) groups is 4. The van der Waals surface area contributed by atoms with E-state index in [1.807, 2.05) is 0 Å². The SMILES string of the molecule is CC(C)(CO)[C@@H](O)C(=O)N/C=C/C(=O)NCCCN1C(=O)C=CC1=O. The van der Waals surface area contributed by atoms with Gasteiger partial charge < -0.3 is 20.8 Å². The van der Waals surface area contributed by atoms with E-state index in [1.165, 1.54) is 26.0 Å². The summed E-state index contributed by atoms with van der Waals surface area (Å²) in [6.45, 7) is 3.13.